The molecule has 0 bridgehead atoms. The van der Waals surface area contributed by atoms with Gasteiger partial charge in [-0.3, -0.25) is 4.79 Å². The van der Waals surface area contributed by atoms with Gasteiger partial charge in [0.15, 0.2) is 0 Å². The largest absolute Gasteiger partial charge is 0.496 e. The zero-order valence-corrected chi connectivity index (χ0v) is 12.1. The van der Waals surface area contributed by atoms with E-state index in [0.29, 0.717) is 18.7 Å². The van der Waals surface area contributed by atoms with Crippen LogP contribution in [0.4, 0.5) is 5.69 Å². The van der Waals surface area contributed by atoms with Crippen LogP contribution in [0.5, 0.6) is 5.75 Å². The Labute approximate surface area is 122 Å². The molecule has 1 rings (SSSR count). The number of methoxy groups -OCH3 is 1. The molecule has 0 saturated heterocycles. The van der Waals surface area contributed by atoms with Gasteiger partial charge in [-0.25, -0.2) is 4.79 Å². The summed E-state index contributed by atoms with van der Waals surface area (Å²) in [6.45, 7) is 3.30. The summed E-state index contributed by atoms with van der Waals surface area (Å²) in [7, 11) is 1.35. The van der Waals surface area contributed by atoms with Crippen molar-refractivity contribution < 1.29 is 19.4 Å². The van der Waals surface area contributed by atoms with Gasteiger partial charge in [-0.05, 0) is 12.6 Å². The quantitative estimate of drug-likeness (QED) is 0.670. The van der Waals surface area contributed by atoms with Crippen molar-refractivity contribution in [2.24, 2.45) is 0 Å². The number of benzene rings is 1. The van der Waals surface area contributed by atoms with E-state index in [1.807, 2.05) is 6.92 Å². The van der Waals surface area contributed by atoms with Crippen molar-refractivity contribution >= 4 is 29.2 Å². The van der Waals surface area contributed by atoms with Crippen LogP contribution < -0.4 is 15.4 Å². The molecule has 0 heterocycles. The van der Waals surface area contributed by atoms with E-state index < -0.39 is 5.97 Å². The number of hydrogen-bond acceptors (Lipinski definition) is 4. The molecule has 1 amide bonds. The zero-order chi connectivity index (χ0) is 15.1. The number of carbonyl (C=O) groups excluding carboxylic acids is 1. The second kappa shape index (κ2) is 7.72. The van der Waals surface area contributed by atoms with Crippen LogP contribution in [-0.2, 0) is 4.79 Å². The van der Waals surface area contributed by atoms with E-state index in [9.17, 15) is 9.59 Å². The van der Waals surface area contributed by atoms with E-state index in [0.717, 1.165) is 6.54 Å². The van der Waals surface area contributed by atoms with Crippen molar-refractivity contribution in [2.75, 3.05) is 25.5 Å². The molecule has 0 saturated carbocycles. The van der Waals surface area contributed by atoms with E-state index in [1.165, 1.54) is 19.2 Å². The first-order chi connectivity index (χ1) is 9.49. The highest BCUT2D eigenvalue weighted by Gasteiger charge is 2.16. The summed E-state index contributed by atoms with van der Waals surface area (Å²) >= 11 is 5.96. The maximum absolute atomic E-state index is 11.7. The average molecular weight is 301 g/mol. The fourth-order valence-corrected chi connectivity index (χ4v) is 1.79. The minimum absolute atomic E-state index is 0.0526. The molecule has 0 fully saturated rings. The van der Waals surface area contributed by atoms with Gasteiger partial charge in [-0.2, -0.15) is 0 Å². The summed E-state index contributed by atoms with van der Waals surface area (Å²) in [5, 5.41) is 14.8. The first-order valence-corrected chi connectivity index (χ1v) is 6.48. The highest BCUT2D eigenvalue weighted by Crippen LogP contribution is 2.31. The zero-order valence-electron chi connectivity index (χ0n) is 11.3. The van der Waals surface area contributed by atoms with Crippen LogP contribution in [0, 0.1) is 0 Å². The Morgan fingerprint density at radius 1 is 1.40 bits per heavy atom. The Morgan fingerprint density at radius 2 is 2.10 bits per heavy atom. The average Bonchev–Trinajstić information content (AvgIpc) is 2.40. The monoisotopic (exact) mass is 300 g/mol. The van der Waals surface area contributed by atoms with Gasteiger partial charge in [0.2, 0.25) is 5.91 Å². The fraction of sp³-hybridized carbons (Fsp3) is 0.385. The number of nitrogens with one attached hydrogen (secondary N) is 2. The van der Waals surface area contributed by atoms with Crippen molar-refractivity contribution in [3.63, 3.8) is 0 Å². The molecule has 0 radical (unpaired) electrons. The molecule has 0 spiro atoms. The van der Waals surface area contributed by atoms with Gasteiger partial charge in [-0.15, -0.1) is 0 Å². The summed E-state index contributed by atoms with van der Waals surface area (Å²) in [4.78, 5) is 22.7. The van der Waals surface area contributed by atoms with Crippen molar-refractivity contribution in [3.8, 4) is 5.75 Å². The Kier molecular flexibility index (Phi) is 6.27. The van der Waals surface area contributed by atoms with Gasteiger partial charge in [0, 0.05) is 19.0 Å². The number of hydrogen-bond donors (Lipinski definition) is 3. The van der Waals surface area contributed by atoms with Gasteiger partial charge in [-0.1, -0.05) is 18.5 Å². The lowest BCUT2D eigenvalue weighted by Crippen LogP contribution is -2.21. The number of rotatable bonds is 7. The summed E-state index contributed by atoms with van der Waals surface area (Å²) in [5.74, 6) is -1.21. The van der Waals surface area contributed by atoms with Crippen molar-refractivity contribution in [1.82, 2.24) is 5.32 Å². The molecule has 1 aromatic rings. The Morgan fingerprint density at radius 3 is 2.65 bits per heavy atom. The van der Waals surface area contributed by atoms with Crippen LogP contribution in [0.25, 0.3) is 0 Å². The number of carboxylic acid groups (broad SMARTS) is 1. The predicted octanol–water partition coefficient (Wildman–Crippen LogP) is 1.98. The number of carboxylic acids is 1. The number of carbonyl (C=O) groups is 2. The van der Waals surface area contributed by atoms with E-state index in [1.54, 1.807) is 0 Å². The molecular formula is C13H17ClN2O4. The third-order valence-corrected chi connectivity index (χ3v) is 2.89. The molecule has 110 valence electrons. The van der Waals surface area contributed by atoms with E-state index in [-0.39, 0.29) is 22.2 Å². The second-order valence-electron chi connectivity index (χ2n) is 3.99. The van der Waals surface area contributed by atoms with E-state index in [4.69, 9.17) is 21.4 Å². The minimum Gasteiger partial charge on any atom is -0.496 e. The van der Waals surface area contributed by atoms with E-state index >= 15 is 0 Å². The minimum atomic E-state index is -1.14. The fourth-order valence-electron chi connectivity index (χ4n) is 1.58. The Hall–Kier alpha value is -1.79. The lowest BCUT2D eigenvalue weighted by Gasteiger charge is -2.11. The van der Waals surface area contributed by atoms with Crippen LogP contribution in [0.2, 0.25) is 5.02 Å². The number of halogens is 1. The molecule has 0 atom stereocenters. The first kappa shape index (κ1) is 16.3. The van der Waals surface area contributed by atoms with Gasteiger partial charge < -0.3 is 20.5 Å². The van der Waals surface area contributed by atoms with E-state index in [2.05, 4.69) is 10.6 Å². The van der Waals surface area contributed by atoms with Crippen LogP contribution in [-0.4, -0.2) is 37.2 Å². The molecular weight excluding hydrogens is 284 g/mol. The van der Waals surface area contributed by atoms with Gasteiger partial charge in [0.25, 0.3) is 0 Å². The molecule has 0 aliphatic rings. The van der Waals surface area contributed by atoms with Gasteiger partial charge >= 0.3 is 5.97 Å². The molecule has 0 aliphatic heterocycles. The van der Waals surface area contributed by atoms with Crippen molar-refractivity contribution in [1.29, 1.82) is 0 Å². The third-order valence-electron chi connectivity index (χ3n) is 2.57. The van der Waals surface area contributed by atoms with Crippen LogP contribution in [0.15, 0.2) is 12.1 Å². The highest BCUT2D eigenvalue weighted by molar-refractivity contribution is 6.34. The van der Waals surface area contributed by atoms with Gasteiger partial charge in [0.1, 0.15) is 11.3 Å². The SMILES string of the molecule is CCNCCC(=O)Nc1cc(OC)c(C(=O)O)cc1Cl. The topological polar surface area (TPSA) is 87.7 Å². The number of aromatic carboxylic acids is 1. The molecule has 3 N–H and O–H groups in total. The Bertz CT molecular complexity index is 505. The maximum Gasteiger partial charge on any atom is 0.339 e. The third kappa shape index (κ3) is 4.40. The molecule has 6 nitrogen and oxygen atoms in total. The maximum atomic E-state index is 11.7. The molecule has 7 heteroatoms. The Balaban J connectivity index is 2.85. The van der Waals surface area contributed by atoms with Crippen molar-refractivity contribution in [3.05, 3.63) is 22.7 Å². The standard InChI is InChI=1S/C13H17ClN2O4/c1-3-15-5-4-12(17)16-10-7-11(20-2)8(13(18)19)6-9(10)14/h6-7,15H,3-5H2,1-2H3,(H,16,17)(H,18,19). The molecule has 0 aliphatic carbocycles. The second-order valence-corrected chi connectivity index (χ2v) is 4.40. The lowest BCUT2D eigenvalue weighted by atomic mass is 10.1. The summed E-state index contributed by atoms with van der Waals surface area (Å²) in [5.41, 5.74) is 0.276. The number of amides is 1. The molecule has 0 aromatic heterocycles. The van der Waals surface area contributed by atoms with Gasteiger partial charge in [0.05, 0.1) is 17.8 Å². The van der Waals surface area contributed by atoms with Crippen LogP contribution in [0.3, 0.4) is 0 Å². The molecule has 1 aromatic carbocycles. The number of ether oxygens (including phenoxy) is 1. The normalized spacial score (nSPS) is 10.2. The summed E-state index contributed by atoms with van der Waals surface area (Å²) < 4.78 is 4.98. The smallest absolute Gasteiger partial charge is 0.339 e. The summed E-state index contributed by atoms with van der Waals surface area (Å²) in [6.07, 6.45) is 0.299. The summed E-state index contributed by atoms with van der Waals surface area (Å²) in [6, 6.07) is 2.65. The first-order valence-electron chi connectivity index (χ1n) is 6.11. The number of anilines is 1. The van der Waals surface area contributed by atoms with Crippen LogP contribution in [0.1, 0.15) is 23.7 Å². The van der Waals surface area contributed by atoms with Crippen LogP contribution >= 0.6 is 11.6 Å². The van der Waals surface area contributed by atoms with Crippen molar-refractivity contribution in [2.45, 2.75) is 13.3 Å². The molecule has 20 heavy (non-hydrogen) atoms. The predicted molar refractivity (Wildman–Crippen MR) is 76.8 cm³/mol. The lowest BCUT2D eigenvalue weighted by molar-refractivity contribution is -0.116. The molecule has 0 unspecified atom stereocenters. The highest BCUT2D eigenvalue weighted by atomic mass is 35.5.